The normalized spacial score (nSPS) is 17.5. The number of nitrogens with zero attached hydrogens (tertiary/aromatic N) is 2. The maximum absolute atomic E-state index is 12.6. The second-order valence-corrected chi connectivity index (χ2v) is 7.54. The van der Waals surface area contributed by atoms with E-state index in [1.54, 1.807) is 4.90 Å². The highest BCUT2D eigenvalue weighted by Crippen LogP contribution is 2.44. The summed E-state index contributed by atoms with van der Waals surface area (Å²) in [6.45, 7) is 2.77. The molecule has 1 amide bonds. The topological polar surface area (TPSA) is 96.1 Å². The first-order chi connectivity index (χ1) is 14.0. The van der Waals surface area contributed by atoms with Crippen molar-refractivity contribution in [2.24, 2.45) is 5.73 Å². The maximum Gasteiger partial charge on any atom is 0.409 e. The Labute approximate surface area is 169 Å². The molecule has 1 unspecified atom stereocenters. The number of piperazine rings is 1. The number of carbonyl (C=O) groups excluding carboxylic acids is 1. The van der Waals surface area contributed by atoms with Crippen molar-refractivity contribution in [2.45, 2.75) is 12.0 Å². The van der Waals surface area contributed by atoms with Crippen molar-refractivity contribution in [3.63, 3.8) is 0 Å². The van der Waals surface area contributed by atoms with Crippen LogP contribution in [-0.4, -0.2) is 72.3 Å². The lowest BCUT2D eigenvalue weighted by atomic mass is 9.98. The van der Waals surface area contributed by atoms with Gasteiger partial charge in [-0.05, 0) is 22.3 Å². The molecule has 0 saturated carbocycles. The zero-order chi connectivity index (χ0) is 20.4. The average molecular weight is 395 g/mol. The highest BCUT2D eigenvalue weighted by Gasteiger charge is 2.30. The monoisotopic (exact) mass is 395 g/mol. The lowest BCUT2D eigenvalue weighted by molar-refractivity contribution is -0.139. The predicted molar refractivity (Wildman–Crippen MR) is 109 cm³/mol. The second kappa shape index (κ2) is 8.23. The zero-order valence-electron chi connectivity index (χ0n) is 16.2. The van der Waals surface area contributed by atoms with Gasteiger partial charge in [-0.25, -0.2) is 4.79 Å². The maximum atomic E-state index is 12.6. The molecule has 0 radical (unpaired) electrons. The van der Waals surface area contributed by atoms with E-state index in [2.05, 4.69) is 24.3 Å². The minimum Gasteiger partial charge on any atom is -0.480 e. The lowest BCUT2D eigenvalue weighted by Gasteiger charge is -2.34. The number of carboxylic acids is 1. The van der Waals surface area contributed by atoms with Crippen LogP contribution < -0.4 is 5.73 Å². The number of fused-ring (bicyclic) bond motifs is 3. The number of nitrogens with two attached hydrogens (primary N) is 1. The molecule has 152 valence electrons. The molecule has 3 N–H and O–H groups in total. The average Bonchev–Trinajstić information content (AvgIpc) is 3.06. The van der Waals surface area contributed by atoms with Gasteiger partial charge >= 0.3 is 12.1 Å². The molecule has 0 aromatic heterocycles. The number of aliphatic carboxylic acids is 1. The van der Waals surface area contributed by atoms with Gasteiger partial charge in [0.05, 0.1) is 0 Å². The van der Waals surface area contributed by atoms with Gasteiger partial charge in [-0.2, -0.15) is 0 Å². The Bertz CT molecular complexity index is 863. The number of ether oxygens (including phenoxy) is 1. The standard InChI is InChI=1S/C22H25N3O4/c23-20(21(26)27)13-24-9-11-25(12-10-24)22(28)29-14-19-17-7-3-1-5-15(17)16-6-2-4-8-18(16)19/h1-8,19-20H,9-14,23H2,(H,26,27). The van der Waals surface area contributed by atoms with E-state index in [1.165, 1.54) is 22.3 Å². The molecule has 0 bridgehead atoms. The molecule has 1 saturated heterocycles. The van der Waals surface area contributed by atoms with Crippen molar-refractivity contribution in [1.29, 1.82) is 0 Å². The molecular formula is C22H25N3O4. The number of amides is 1. The van der Waals surface area contributed by atoms with Gasteiger partial charge in [-0.3, -0.25) is 9.69 Å². The van der Waals surface area contributed by atoms with Crippen LogP contribution in [0.3, 0.4) is 0 Å². The predicted octanol–water partition coefficient (Wildman–Crippen LogP) is 1.97. The summed E-state index contributed by atoms with van der Waals surface area (Å²) in [5.74, 6) is -0.967. The molecule has 7 nitrogen and oxygen atoms in total. The molecule has 0 spiro atoms. The molecule has 1 heterocycles. The van der Waals surface area contributed by atoms with Crippen LogP contribution in [0.2, 0.25) is 0 Å². The minimum absolute atomic E-state index is 0.0428. The summed E-state index contributed by atoms with van der Waals surface area (Å²) in [5, 5.41) is 8.93. The summed E-state index contributed by atoms with van der Waals surface area (Å²) in [5.41, 5.74) is 10.4. The molecule has 2 aromatic carbocycles. The molecular weight excluding hydrogens is 370 g/mol. The van der Waals surface area contributed by atoms with Gasteiger partial charge in [0.25, 0.3) is 0 Å². The van der Waals surface area contributed by atoms with Crippen LogP contribution in [0.1, 0.15) is 17.0 Å². The molecule has 7 heteroatoms. The Balaban J connectivity index is 1.35. The largest absolute Gasteiger partial charge is 0.480 e. The fourth-order valence-corrected chi connectivity index (χ4v) is 4.15. The van der Waals surface area contributed by atoms with Gasteiger partial charge in [0.15, 0.2) is 0 Å². The molecule has 2 aromatic rings. The van der Waals surface area contributed by atoms with Crippen LogP contribution in [-0.2, 0) is 9.53 Å². The number of carboxylic acid groups (broad SMARTS) is 1. The van der Waals surface area contributed by atoms with E-state index in [0.29, 0.717) is 32.8 Å². The Kier molecular flexibility index (Phi) is 5.51. The summed E-state index contributed by atoms with van der Waals surface area (Å²) in [6, 6.07) is 15.6. The first-order valence-corrected chi connectivity index (χ1v) is 9.85. The minimum atomic E-state index is -1.01. The fourth-order valence-electron chi connectivity index (χ4n) is 4.15. The number of hydrogen-bond donors (Lipinski definition) is 2. The molecule has 1 atom stereocenters. The third-order valence-corrected chi connectivity index (χ3v) is 5.74. The van der Waals surface area contributed by atoms with E-state index in [4.69, 9.17) is 15.6 Å². The Hall–Kier alpha value is -2.90. The van der Waals surface area contributed by atoms with Gasteiger partial charge in [0.2, 0.25) is 0 Å². The quantitative estimate of drug-likeness (QED) is 0.804. The van der Waals surface area contributed by atoms with Crippen LogP contribution in [0.25, 0.3) is 11.1 Å². The van der Waals surface area contributed by atoms with Crippen LogP contribution in [0.15, 0.2) is 48.5 Å². The van der Waals surface area contributed by atoms with E-state index >= 15 is 0 Å². The van der Waals surface area contributed by atoms with Crippen LogP contribution in [0, 0.1) is 0 Å². The molecule has 29 heavy (non-hydrogen) atoms. The summed E-state index contributed by atoms with van der Waals surface area (Å²) in [7, 11) is 0. The van der Waals surface area contributed by atoms with Crippen molar-refractivity contribution in [3.05, 3.63) is 59.7 Å². The fraction of sp³-hybridized carbons (Fsp3) is 0.364. The zero-order valence-corrected chi connectivity index (χ0v) is 16.2. The van der Waals surface area contributed by atoms with Crippen molar-refractivity contribution in [1.82, 2.24) is 9.80 Å². The van der Waals surface area contributed by atoms with Crippen molar-refractivity contribution in [3.8, 4) is 11.1 Å². The summed E-state index contributed by atoms with van der Waals surface area (Å²) in [6.07, 6.45) is -0.325. The highest BCUT2D eigenvalue weighted by atomic mass is 16.6. The van der Waals surface area contributed by atoms with Crippen molar-refractivity contribution in [2.75, 3.05) is 39.3 Å². The van der Waals surface area contributed by atoms with E-state index in [0.717, 1.165) is 0 Å². The summed E-state index contributed by atoms with van der Waals surface area (Å²) in [4.78, 5) is 27.1. The van der Waals surface area contributed by atoms with E-state index in [-0.39, 0.29) is 18.6 Å². The summed E-state index contributed by atoms with van der Waals surface area (Å²) < 4.78 is 5.68. The SMILES string of the molecule is NC(CN1CCN(C(=O)OCC2c3ccccc3-c3ccccc32)CC1)C(=O)O. The number of benzene rings is 2. The van der Waals surface area contributed by atoms with Gasteiger partial charge in [0.1, 0.15) is 12.6 Å². The molecule has 1 fully saturated rings. The van der Waals surface area contributed by atoms with Gasteiger partial charge in [-0.15, -0.1) is 0 Å². The van der Waals surface area contributed by atoms with E-state index in [1.807, 2.05) is 29.2 Å². The molecule has 2 aliphatic rings. The van der Waals surface area contributed by atoms with Crippen molar-refractivity contribution >= 4 is 12.1 Å². The third-order valence-electron chi connectivity index (χ3n) is 5.74. The third kappa shape index (κ3) is 3.97. The van der Waals surface area contributed by atoms with Gasteiger partial charge in [-0.1, -0.05) is 48.5 Å². The number of rotatable bonds is 5. The second-order valence-electron chi connectivity index (χ2n) is 7.54. The lowest BCUT2D eigenvalue weighted by Crippen LogP contribution is -2.52. The first-order valence-electron chi connectivity index (χ1n) is 9.85. The Morgan fingerprint density at radius 2 is 1.55 bits per heavy atom. The van der Waals surface area contributed by atoms with Gasteiger partial charge < -0.3 is 20.5 Å². The van der Waals surface area contributed by atoms with E-state index in [9.17, 15) is 9.59 Å². The molecule has 1 aliphatic carbocycles. The first kappa shape index (κ1) is 19.4. The van der Waals surface area contributed by atoms with Gasteiger partial charge in [0, 0.05) is 38.6 Å². The van der Waals surface area contributed by atoms with Crippen molar-refractivity contribution < 1.29 is 19.4 Å². The summed E-state index contributed by atoms with van der Waals surface area (Å²) >= 11 is 0. The number of carbonyl (C=O) groups is 2. The highest BCUT2D eigenvalue weighted by molar-refractivity contribution is 5.79. The number of hydrogen-bond acceptors (Lipinski definition) is 5. The Morgan fingerprint density at radius 1 is 1.00 bits per heavy atom. The van der Waals surface area contributed by atoms with Crippen LogP contribution in [0.5, 0.6) is 0 Å². The Morgan fingerprint density at radius 3 is 2.10 bits per heavy atom. The van der Waals surface area contributed by atoms with Crippen LogP contribution >= 0.6 is 0 Å². The van der Waals surface area contributed by atoms with E-state index < -0.39 is 12.0 Å². The molecule has 1 aliphatic heterocycles. The van der Waals surface area contributed by atoms with Crippen LogP contribution in [0.4, 0.5) is 4.79 Å². The molecule has 4 rings (SSSR count). The smallest absolute Gasteiger partial charge is 0.409 e.